The molecule has 0 atom stereocenters. The molecule has 1 saturated heterocycles. The highest BCUT2D eigenvalue weighted by Crippen LogP contribution is 2.24. The summed E-state index contributed by atoms with van der Waals surface area (Å²) in [5.41, 5.74) is 1.02. The molecule has 2 aromatic carbocycles. The highest BCUT2D eigenvalue weighted by molar-refractivity contribution is 5.93. The van der Waals surface area contributed by atoms with Crippen LogP contribution in [0.2, 0.25) is 0 Å². The summed E-state index contributed by atoms with van der Waals surface area (Å²) < 4.78 is 5.80. The lowest BCUT2D eigenvalue weighted by molar-refractivity contribution is -0.119. The van der Waals surface area contributed by atoms with Crippen LogP contribution in [-0.4, -0.2) is 43.1 Å². The highest BCUT2D eigenvalue weighted by atomic mass is 16.5. The van der Waals surface area contributed by atoms with Crippen LogP contribution in [0.1, 0.15) is 26.2 Å². The van der Waals surface area contributed by atoms with Crippen molar-refractivity contribution >= 4 is 11.6 Å². The second-order valence-electron chi connectivity index (χ2n) is 6.69. The maximum atomic E-state index is 12.5. The van der Waals surface area contributed by atoms with Gasteiger partial charge >= 0.3 is 0 Å². The zero-order valence-electron chi connectivity index (χ0n) is 15.5. The summed E-state index contributed by atoms with van der Waals surface area (Å²) in [5.74, 6) is 1.13. The van der Waals surface area contributed by atoms with Gasteiger partial charge in [0.1, 0.15) is 12.4 Å². The van der Waals surface area contributed by atoms with Crippen molar-refractivity contribution in [3.8, 4) is 5.75 Å². The van der Waals surface area contributed by atoms with E-state index >= 15 is 0 Å². The van der Waals surface area contributed by atoms with Gasteiger partial charge in [-0.3, -0.25) is 9.69 Å². The smallest absolute Gasteiger partial charge is 0.226 e. The molecule has 2 aromatic rings. The quantitative estimate of drug-likeness (QED) is 0.756. The molecule has 0 unspecified atom stereocenters. The van der Waals surface area contributed by atoms with E-state index in [0.29, 0.717) is 13.0 Å². The molecule has 1 amide bonds. The van der Waals surface area contributed by atoms with Gasteiger partial charge in [0, 0.05) is 37.8 Å². The van der Waals surface area contributed by atoms with E-state index in [4.69, 9.17) is 4.74 Å². The first-order chi connectivity index (χ1) is 12.8. The van der Waals surface area contributed by atoms with Gasteiger partial charge in [-0.25, -0.2) is 0 Å². The Morgan fingerprint density at radius 1 is 1.04 bits per heavy atom. The second-order valence-corrected chi connectivity index (χ2v) is 6.69. The van der Waals surface area contributed by atoms with Crippen LogP contribution >= 0.6 is 0 Å². The molecule has 1 aliphatic rings. The number of nitrogens with zero attached hydrogens (tertiary/aromatic N) is 2. The average Bonchev–Trinajstić information content (AvgIpc) is 2.71. The molecular formula is C22H28N2O2. The molecule has 3 rings (SSSR count). The van der Waals surface area contributed by atoms with Crippen molar-refractivity contribution < 1.29 is 9.53 Å². The van der Waals surface area contributed by atoms with Crippen molar-refractivity contribution in [3.05, 3.63) is 60.7 Å². The summed E-state index contributed by atoms with van der Waals surface area (Å²) in [7, 11) is 0. The van der Waals surface area contributed by atoms with Crippen LogP contribution < -0.4 is 9.64 Å². The molecule has 0 saturated carbocycles. The molecule has 0 radical (unpaired) electrons. The predicted molar refractivity (Wildman–Crippen MR) is 106 cm³/mol. The van der Waals surface area contributed by atoms with Crippen LogP contribution in [0.3, 0.4) is 0 Å². The van der Waals surface area contributed by atoms with Crippen LogP contribution in [0.5, 0.6) is 5.75 Å². The number of amides is 1. The number of piperidine rings is 1. The van der Waals surface area contributed by atoms with E-state index in [2.05, 4.69) is 4.90 Å². The van der Waals surface area contributed by atoms with Crippen molar-refractivity contribution in [1.29, 1.82) is 0 Å². The number of para-hydroxylation sites is 2. The topological polar surface area (TPSA) is 32.8 Å². The minimum absolute atomic E-state index is 0.210. The number of rotatable bonds is 7. The maximum Gasteiger partial charge on any atom is 0.226 e. The number of ether oxygens (including phenoxy) is 1. The van der Waals surface area contributed by atoms with Gasteiger partial charge in [0.15, 0.2) is 0 Å². The Bertz CT molecular complexity index is 667. The van der Waals surface area contributed by atoms with Gasteiger partial charge in [-0.05, 0) is 37.1 Å². The van der Waals surface area contributed by atoms with E-state index in [1.165, 1.54) is 0 Å². The standard InChI is InChI=1S/C22H28N2O2/c1-2-22(25)24(19-9-5-3-6-10-19)20-13-15-23(16-14-20)17-18-26-21-11-7-4-8-12-21/h3-12,20H,2,13-18H2,1H3. The Labute approximate surface area is 156 Å². The van der Waals surface area contributed by atoms with Crippen molar-refractivity contribution in [2.75, 3.05) is 31.1 Å². The van der Waals surface area contributed by atoms with Crippen molar-refractivity contribution in [3.63, 3.8) is 0 Å². The van der Waals surface area contributed by atoms with Crippen LogP contribution in [-0.2, 0) is 4.79 Å². The summed E-state index contributed by atoms with van der Waals surface area (Å²) >= 11 is 0. The summed E-state index contributed by atoms with van der Waals surface area (Å²) in [6.45, 7) is 5.57. The summed E-state index contributed by atoms with van der Waals surface area (Å²) in [6, 6.07) is 20.3. The molecule has 1 aliphatic heterocycles. The number of anilines is 1. The first-order valence-corrected chi connectivity index (χ1v) is 9.55. The Hall–Kier alpha value is -2.33. The molecule has 0 spiro atoms. The molecule has 0 aliphatic carbocycles. The Morgan fingerprint density at radius 2 is 1.65 bits per heavy atom. The van der Waals surface area contributed by atoms with Gasteiger partial charge in [-0.1, -0.05) is 43.3 Å². The number of hydrogen-bond donors (Lipinski definition) is 0. The molecule has 1 heterocycles. The second kappa shape index (κ2) is 9.39. The third-order valence-corrected chi connectivity index (χ3v) is 4.95. The number of benzene rings is 2. The monoisotopic (exact) mass is 352 g/mol. The Kier molecular flexibility index (Phi) is 6.67. The number of hydrogen-bond acceptors (Lipinski definition) is 3. The fraction of sp³-hybridized carbons (Fsp3) is 0.409. The van der Waals surface area contributed by atoms with Gasteiger partial charge in [0.05, 0.1) is 0 Å². The predicted octanol–water partition coefficient (Wildman–Crippen LogP) is 3.97. The summed E-state index contributed by atoms with van der Waals surface area (Å²) in [4.78, 5) is 17.0. The molecule has 4 heteroatoms. The van der Waals surface area contributed by atoms with E-state index in [1.54, 1.807) is 0 Å². The number of likely N-dealkylation sites (tertiary alicyclic amines) is 1. The van der Waals surface area contributed by atoms with Crippen LogP contribution in [0.4, 0.5) is 5.69 Å². The highest BCUT2D eigenvalue weighted by Gasteiger charge is 2.28. The molecular weight excluding hydrogens is 324 g/mol. The van der Waals surface area contributed by atoms with Crippen LogP contribution in [0.15, 0.2) is 60.7 Å². The van der Waals surface area contributed by atoms with Gasteiger partial charge < -0.3 is 9.64 Å². The summed E-state index contributed by atoms with van der Waals surface area (Å²) in [5, 5.41) is 0. The number of carbonyl (C=O) groups is 1. The lowest BCUT2D eigenvalue weighted by atomic mass is 10.0. The maximum absolute atomic E-state index is 12.5. The Balaban J connectivity index is 1.50. The third kappa shape index (κ3) is 4.85. The van der Waals surface area contributed by atoms with Crippen molar-refractivity contribution in [2.45, 2.75) is 32.2 Å². The first-order valence-electron chi connectivity index (χ1n) is 9.55. The molecule has 138 valence electrons. The van der Waals surface area contributed by atoms with Gasteiger partial charge in [-0.2, -0.15) is 0 Å². The van der Waals surface area contributed by atoms with Crippen LogP contribution in [0, 0.1) is 0 Å². The zero-order chi connectivity index (χ0) is 18.2. The zero-order valence-corrected chi connectivity index (χ0v) is 15.5. The molecule has 0 aromatic heterocycles. The molecule has 1 fully saturated rings. The molecule has 0 N–H and O–H groups in total. The van der Waals surface area contributed by atoms with E-state index < -0.39 is 0 Å². The van der Waals surface area contributed by atoms with E-state index in [1.807, 2.05) is 72.5 Å². The van der Waals surface area contributed by atoms with Crippen LogP contribution in [0.25, 0.3) is 0 Å². The average molecular weight is 352 g/mol. The fourth-order valence-corrected chi connectivity index (χ4v) is 3.53. The largest absolute Gasteiger partial charge is 0.492 e. The normalized spacial score (nSPS) is 15.6. The minimum atomic E-state index is 0.210. The Morgan fingerprint density at radius 3 is 2.27 bits per heavy atom. The number of carbonyl (C=O) groups excluding carboxylic acids is 1. The van der Waals surface area contributed by atoms with Crippen molar-refractivity contribution in [2.24, 2.45) is 0 Å². The van der Waals surface area contributed by atoms with E-state index in [0.717, 1.165) is 43.9 Å². The molecule has 4 nitrogen and oxygen atoms in total. The van der Waals surface area contributed by atoms with E-state index in [9.17, 15) is 4.79 Å². The summed E-state index contributed by atoms with van der Waals surface area (Å²) in [6.07, 6.45) is 2.55. The molecule has 26 heavy (non-hydrogen) atoms. The third-order valence-electron chi connectivity index (χ3n) is 4.95. The van der Waals surface area contributed by atoms with Gasteiger partial charge in [0.25, 0.3) is 0 Å². The lowest BCUT2D eigenvalue weighted by Gasteiger charge is -2.38. The first kappa shape index (κ1) is 18.5. The fourth-order valence-electron chi connectivity index (χ4n) is 3.53. The lowest BCUT2D eigenvalue weighted by Crippen LogP contribution is -2.48. The van der Waals surface area contributed by atoms with Crippen molar-refractivity contribution in [1.82, 2.24) is 4.90 Å². The van der Waals surface area contributed by atoms with Gasteiger partial charge in [-0.15, -0.1) is 0 Å². The SMILES string of the molecule is CCC(=O)N(c1ccccc1)C1CCN(CCOc2ccccc2)CC1. The van der Waals surface area contributed by atoms with Gasteiger partial charge in [0.2, 0.25) is 5.91 Å². The molecule has 0 bridgehead atoms. The minimum Gasteiger partial charge on any atom is -0.492 e. The van der Waals surface area contributed by atoms with E-state index in [-0.39, 0.29) is 11.9 Å².